The molecule has 1 aliphatic carbocycles. The molecule has 3 nitrogen and oxygen atoms in total. The van der Waals surface area contributed by atoms with Crippen molar-refractivity contribution in [3.63, 3.8) is 0 Å². The van der Waals surface area contributed by atoms with E-state index in [1.54, 1.807) is 23.1 Å². The predicted molar refractivity (Wildman–Crippen MR) is 112 cm³/mol. The largest absolute Gasteiger partial charge is 0.392 e. The van der Waals surface area contributed by atoms with Gasteiger partial charge in [-0.25, -0.2) is 4.98 Å². The Balaban J connectivity index is 1.83. The number of benzene rings is 1. The second-order valence-corrected chi connectivity index (χ2v) is 8.87. The summed E-state index contributed by atoms with van der Waals surface area (Å²) < 4.78 is 0. The lowest BCUT2D eigenvalue weighted by atomic mass is 9.97. The van der Waals surface area contributed by atoms with Crippen molar-refractivity contribution in [1.29, 1.82) is 5.26 Å². The van der Waals surface area contributed by atoms with Gasteiger partial charge in [-0.15, -0.1) is 11.3 Å². The molecule has 0 spiro atoms. The van der Waals surface area contributed by atoms with Crippen molar-refractivity contribution in [2.24, 2.45) is 0 Å². The van der Waals surface area contributed by atoms with Crippen LogP contribution in [0.3, 0.4) is 0 Å². The fourth-order valence-electron chi connectivity index (χ4n) is 3.47. The Labute approximate surface area is 167 Å². The molecule has 3 aromatic rings. The van der Waals surface area contributed by atoms with E-state index in [0.29, 0.717) is 5.56 Å². The number of pyridine rings is 1. The van der Waals surface area contributed by atoms with Crippen molar-refractivity contribution in [1.82, 2.24) is 4.98 Å². The fraction of sp³-hybridized carbons (Fsp3) is 0.273. The van der Waals surface area contributed by atoms with E-state index in [9.17, 15) is 10.4 Å². The van der Waals surface area contributed by atoms with Gasteiger partial charge in [-0.2, -0.15) is 5.26 Å². The van der Waals surface area contributed by atoms with Crippen molar-refractivity contribution >= 4 is 23.1 Å². The van der Waals surface area contributed by atoms with Crippen LogP contribution in [0.1, 0.15) is 31.2 Å². The van der Waals surface area contributed by atoms with Crippen molar-refractivity contribution in [3.8, 4) is 27.8 Å². The van der Waals surface area contributed by atoms with Gasteiger partial charge >= 0.3 is 0 Å². The summed E-state index contributed by atoms with van der Waals surface area (Å²) in [6.45, 7) is 0. The summed E-state index contributed by atoms with van der Waals surface area (Å²) in [5, 5.41) is 23.2. The lowest BCUT2D eigenvalue weighted by Crippen LogP contribution is -2.27. The van der Waals surface area contributed by atoms with Crippen LogP contribution in [0.15, 0.2) is 58.9 Å². The summed E-state index contributed by atoms with van der Waals surface area (Å²) in [7, 11) is 0. The first-order valence-corrected chi connectivity index (χ1v) is 10.9. The zero-order valence-corrected chi connectivity index (χ0v) is 16.5. The van der Waals surface area contributed by atoms with Gasteiger partial charge in [0.2, 0.25) is 0 Å². The summed E-state index contributed by atoms with van der Waals surface area (Å²) in [6, 6.07) is 18.5. The maximum Gasteiger partial charge on any atom is 0.116 e. The standard InChI is InChI=1S/C22H20N2OS2/c23-14-17-16(15-7-2-1-3-8-15)13-18(20-11-6-12-26-20)24-22(17)27-21-10-5-4-9-19(21)25/h1-3,6-8,11-13,19,21,25H,4-5,9-10H2. The van der Waals surface area contributed by atoms with E-state index in [1.165, 1.54) is 0 Å². The summed E-state index contributed by atoms with van der Waals surface area (Å²) in [6.07, 6.45) is 3.65. The Morgan fingerprint density at radius 2 is 1.93 bits per heavy atom. The van der Waals surface area contributed by atoms with Crippen LogP contribution in [0.5, 0.6) is 0 Å². The highest BCUT2D eigenvalue weighted by Gasteiger charge is 2.27. The highest BCUT2D eigenvalue weighted by Crippen LogP contribution is 2.39. The second-order valence-electron chi connectivity index (χ2n) is 6.70. The number of nitrogens with zero attached hydrogens (tertiary/aromatic N) is 2. The van der Waals surface area contributed by atoms with E-state index in [1.807, 2.05) is 47.8 Å². The Morgan fingerprint density at radius 3 is 2.63 bits per heavy atom. The Hall–Kier alpha value is -2.13. The fourth-order valence-corrected chi connectivity index (χ4v) is 5.44. The summed E-state index contributed by atoms with van der Waals surface area (Å²) in [5.41, 5.74) is 3.41. The highest BCUT2D eigenvalue weighted by molar-refractivity contribution is 8.00. The first-order valence-electron chi connectivity index (χ1n) is 9.15. The van der Waals surface area contributed by atoms with Gasteiger partial charge in [0.05, 0.1) is 22.2 Å². The third-order valence-corrected chi connectivity index (χ3v) is 7.15. The van der Waals surface area contributed by atoms with E-state index in [0.717, 1.165) is 52.4 Å². The minimum Gasteiger partial charge on any atom is -0.392 e. The molecule has 5 heteroatoms. The number of thiophene rings is 1. The monoisotopic (exact) mass is 392 g/mol. The number of rotatable bonds is 4. The molecular formula is C22H20N2OS2. The van der Waals surface area contributed by atoms with Crippen LogP contribution >= 0.6 is 23.1 Å². The lowest BCUT2D eigenvalue weighted by molar-refractivity contribution is 0.137. The quantitative estimate of drug-likeness (QED) is 0.615. The average Bonchev–Trinajstić information content (AvgIpc) is 3.25. The molecule has 0 radical (unpaired) electrons. The summed E-state index contributed by atoms with van der Waals surface area (Å²) >= 11 is 3.21. The molecule has 0 bridgehead atoms. The molecule has 1 aliphatic rings. The van der Waals surface area contributed by atoms with E-state index in [4.69, 9.17) is 4.98 Å². The third-order valence-electron chi connectivity index (χ3n) is 4.89. The van der Waals surface area contributed by atoms with Gasteiger partial charge in [0.25, 0.3) is 0 Å². The number of nitriles is 1. The van der Waals surface area contributed by atoms with Gasteiger partial charge in [-0.05, 0) is 35.9 Å². The van der Waals surface area contributed by atoms with Crippen molar-refractivity contribution in [3.05, 3.63) is 59.5 Å². The molecule has 2 unspecified atom stereocenters. The molecule has 0 amide bonds. The number of hydrogen-bond acceptors (Lipinski definition) is 5. The summed E-state index contributed by atoms with van der Waals surface area (Å²) in [4.78, 5) is 5.93. The molecule has 2 aromatic heterocycles. The number of aliphatic hydroxyl groups excluding tert-OH is 1. The maximum atomic E-state index is 10.4. The maximum absolute atomic E-state index is 10.4. The van der Waals surface area contributed by atoms with Gasteiger partial charge < -0.3 is 5.11 Å². The van der Waals surface area contributed by atoms with Gasteiger partial charge in [-0.3, -0.25) is 0 Å². The SMILES string of the molecule is N#Cc1c(-c2ccccc2)cc(-c2cccs2)nc1SC1CCCCC1O. The van der Waals surface area contributed by atoms with E-state index in [-0.39, 0.29) is 11.4 Å². The zero-order valence-electron chi connectivity index (χ0n) is 14.8. The molecule has 1 N–H and O–H groups in total. The normalized spacial score (nSPS) is 19.6. The average molecular weight is 393 g/mol. The molecule has 2 atom stereocenters. The Bertz CT molecular complexity index is 948. The topological polar surface area (TPSA) is 56.9 Å². The lowest BCUT2D eigenvalue weighted by Gasteiger charge is -2.27. The van der Waals surface area contributed by atoms with Crippen LogP contribution in [0.25, 0.3) is 21.7 Å². The second kappa shape index (κ2) is 8.26. The molecule has 0 aliphatic heterocycles. The minimum absolute atomic E-state index is 0.0977. The van der Waals surface area contributed by atoms with E-state index in [2.05, 4.69) is 12.1 Å². The van der Waals surface area contributed by atoms with Crippen LogP contribution in [0, 0.1) is 11.3 Å². The highest BCUT2D eigenvalue weighted by atomic mass is 32.2. The van der Waals surface area contributed by atoms with Gasteiger partial charge in [0, 0.05) is 10.8 Å². The van der Waals surface area contributed by atoms with Crippen molar-refractivity contribution in [2.45, 2.75) is 42.1 Å². The van der Waals surface area contributed by atoms with Crippen LogP contribution in [0.2, 0.25) is 0 Å². The van der Waals surface area contributed by atoms with E-state index >= 15 is 0 Å². The molecule has 0 saturated heterocycles. The first kappa shape index (κ1) is 18.2. The van der Waals surface area contributed by atoms with Crippen LogP contribution < -0.4 is 0 Å². The van der Waals surface area contributed by atoms with Gasteiger partial charge in [0.15, 0.2) is 0 Å². The predicted octanol–water partition coefficient (Wildman–Crippen LogP) is 5.74. The smallest absolute Gasteiger partial charge is 0.116 e. The van der Waals surface area contributed by atoms with Crippen molar-refractivity contribution in [2.75, 3.05) is 0 Å². The van der Waals surface area contributed by atoms with Crippen LogP contribution in [-0.2, 0) is 0 Å². The third kappa shape index (κ3) is 3.93. The van der Waals surface area contributed by atoms with Gasteiger partial charge in [-0.1, -0.05) is 61.0 Å². The molecule has 27 heavy (non-hydrogen) atoms. The zero-order chi connectivity index (χ0) is 18.6. The molecule has 136 valence electrons. The molecule has 2 heterocycles. The van der Waals surface area contributed by atoms with E-state index < -0.39 is 0 Å². The minimum atomic E-state index is -0.331. The molecule has 1 aromatic carbocycles. The molecule has 1 saturated carbocycles. The summed E-state index contributed by atoms with van der Waals surface area (Å²) in [5.74, 6) is 0. The van der Waals surface area contributed by atoms with Gasteiger partial charge in [0.1, 0.15) is 11.1 Å². The first-order chi connectivity index (χ1) is 13.3. The molecule has 1 fully saturated rings. The van der Waals surface area contributed by atoms with Crippen molar-refractivity contribution < 1.29 is 5.11 Å². The number of aliphatic hydroxyl groups is 1. The molecule has 4 rings (SSSR count). The number of hydrogen-bond donors (Lipinski definition) is 1. The molecular weight excluding hydrogens is 372 g/mol. The van der Waals surface area contributed by atoms with Crippen LogP contribution in [0.4, 0.5) is 0 Å². The number of thioether (sulfide) groups is 1. The van der Waals surface area contributed by atoms with Crippen LogP contribution in [-0.4, -0.2) is 21.4 Å². The Morgan fingerprint density at radius 1 is 1.11 bits per heavy atom. The Kier molecular flexibility index (Phi) is 5.58. The number of aromatic nitrogens is 1.